The fourth-order valence-electron chi connectivity index (χ4n) is 1.31. The predicted octanol–water partition coefficient (Wildman–Crippen LogP) is 4.68. The molecule has 1 aromatic rings. The maximum atomic E-state index is 8.42. The van der Waals surface area contributed by atoms with Gasteiger partial charge < -0.3 is 5.11 Å². The fraction of sp³-hybridized carbons (Fsp3) is 0.571. The van der Waals surface area contributed by atoms with Gasteiger partial charge in [0.15, 0.2) is 0 Å². The molecule has 2 heteroatoms. The summed E-state index contributed by atoms with van der Waals surface area (Å²) in [6, 6.07) is 9.44. The van der Waals surface area contributed by atoms with Crippen molar-refractivity contribution in [2.24, 2.45) is 0 Å². The first kappa shape index (κ1) is 15.5. The van der Waals surface area contributed by atoms with Crippen molar-refractivity contribution < 1.29 is 5.11 Å². The van der Waals surface area contributed by atoms with Crippen LogP contribution >= 0.6 is 11.6 Å². The molecule has 1 aromatic carbocycles. The summed E-state index contributed by atoms with van der Waals surface area (Å²) >= 11 is 5.54. The monoisotopic (exact) mass is 242 g/mol. The number of hydrogen-bond acceptors (Lipinski definition) is 1. The van der Waals surface area contributed by atoms with Gasteiger partial charge in [-0.05, 0) is 18.6 Å². The lowest BCUT2D eigenvalue weighted by atomic mass is 10.1. The van der Waals surface area contributed by atoms with E-state index in [1.165, 1.54) is 32.1 Å². The van der Waals surface area contributed by atoms with Gasteiger partial charge in [-0.15, -0.1) is 0 Å². The van der Waals surface area contributed by atoms with Crippen molar-refractivity contribution >= 4 is 11.6 Å². The Morgan fingerprint density at radius 1 is 0.938 bits per heavy atom. The first-order valence-electron chi connectivity index (χ1n) is 6.12. The van der Waals surface area contributed by atoms with Gasteiger partial charge in [-0.2, -0.15) is 0 Å². The van der Waals surface area contributed by atoms with Crippen molar-refractivity contribution in [1.82, 2.24) is 0 Å². The molecule has 0 radical (unpaired) electrons. The number of aliphatic hydroxyl groups is 1. The molecule has 0 atom stereocenters. The van der Waals surface area contributed by atoms with Crippen molar-refractivity contribution in [2.75, 3.05) is 6.61 Å². The van der Waals surface area contributed by atoms with E-state index in [9.17, 15) is 0 Å². The standard InChI is InChI=1S/C8H18O.C6H5Cl/c1-2-3-4-5-6-7-8-9;7-6-4-2-1-3-5-6/h9H,2-8H2,1H3;1-5H. The fourth-order valence-corrected chi connectivity index (χ4v) is 1.45. The Hall–Kier alpha value is -0.530. The Kier molecular flexibility index (Phi) is 12.1. The third-order valence-electron chi connectivity index (χ3n) is 2.24. The van der Waals surface area contributed by atoms with Gasteiger partial charge in [0.05, 0.1) is 0 Å². The van der Waals surface area contributed by atoms with Crippen LogP contribution in [0, 0.1) is 0 Å². The Morgan fingerprint density at radius 3 is 1.94 bits per heavy atom. The number of rotatable bonds is 6. The van der Waals surface area contributed by atoms with E-state index in [1.807, 2.05) is 30.3 Å². The molecule has 0 aliphatic carbocycles. The average molecular weight is 243 g/mol. The molecule has 0 saturated heterocycles. The van der Waals surface area contributed by atoms with E-state index < -0.39 is 0 Å². The van der Waals surface area contributed by atoms with E-state index in [4.69, 9.17) is 16.7 Å². The highest BCUT2D eigenvalue weighted by Crippen LogP contribution is 2.04. The van der Waals surface area contributed by atoms with Crippen molar-refractivity contribution in [3.05, 3.63) is 35.4 Å². The van der Waals surface area contributed by atoms with E-state index in [-0.39, 0.29) is 0 Å². The van der Waals surface area contributed by atoms with Gasteiger partial charge in [0.25, 0.3) is 0 Å². The van der Waals surface area contributed by atoms with Gasteiger partial charge in [0.1, 0.15) is 0 Å². The van der Waals surface area contributed by atoms with E-state index in [0.29, 0.717) is 6.61 Å². The smallest absolute Gasteiger partial charge is 0.0431 e. The van der Waals surface area contributed by atoms with Crippen LogP contribution in [0.4, 0.5) is 0 Å². The largest absolute Gasteiger partial charge is 0.396 e. The average Bonchev–Trinajstić information content (AvgIpc) is 2.31. The molecule has 0 unspecified atom stereocenters. The molecule has 0 bridgehead atoms. The molecule has 0 fully saturated rings. The Morgan fingerprint density at radius 2 is 1.50 bits per heavy atom. The summed E-state index contributed by atoms with van der Waals surface area (Å²) in [7, 11) is 0. The Bertz CT molecular complexity index is 217. The van der Waals surface area contributed by atoms with Crippen LogP contribution in [-0.4, -0.2) is 11.7 Å². The topological polar surface area (TPSA) is 20.2 Å². The van der Waals surface area contributed by atoms with Crippen molar-refractivity contribution in [3.8, 4) is 0 Å². The Balaban J connectivity index is 0.000000288. The lowest BCUT2D eigenvalue weighted by molar-refractivity contribution is 0.282. The van der Waals surface area contributed by atoms with Gasteiger partial charge in [-0.25, -0.2) is 0 Å². The number of hydrogen-bond donors (Lipinski definition) is 1. The van der Waals surface area contributed by atoms with E-state index in [0.717, 1.165) is 11.4 Å². The van der Waals surface area contributed by atoms with Crippen LogP contribution in [0.5, 0.6) is 0 Å². The highest BCUT2D eigenvalue weighted by molar-refractivity contribution is 6.30. The molecule has 0 aromatic heterocycles. The second kappa shape index (κ2) is 12.5. The maximum Gasteiger partial charge on any atom is 0.0431 e. The van der Waals surface area contributed by atoms with Crippen LogP contribution in [-0.2, 0) is 0 Å². The SMILES string of the molecule is CCCCCCCCO.Clc1ccccc1. The maximum absolute atomic E-state index is 8.42. The van der Waals surface area contributed by atoms with Crippen molar-refractivity contribution in [3.63, 3.8) is 0 Å². The summed E-state index contributed by atoms with van der Waals surface area (Å²) in [6.45, 7) is 2.58. The van der Waals surface area contributed by atoms with Crippen molar-refractivity contribution in [1.29, 1.82) is 0 Å². The first-order valence-corrected chi connectivity index (χ1v) is 6.50. The normalized spacial score (nSPS) is 9.44. The second-order valence-electron chi connectivity index (χ2n) is 3.79. The van der Waals surface area contributed by atoms with Crippen LogP contribution in [0.3, 0.4) is 0 Å². The molecule has 0 heterocycles. The zero-order valence-electron chi connectivity index (χ0n) is 10.2. The molecule has 1 N–H and O–H groups in total. The highest BCUT2D eigenvalue weighted by atomic mass is 35.5. The van der Waals surface area contributed by atoms with Crippen LogP contribution < -0.4 is 0 Å². The van der Waals surface area contributed by atoms with Gasteiger partial charge in [-0.3, -0.25) is 0 Å². The summed E-state index contributed by atoms with van der Waals surface area (Å²) in [4.78, 5) is 0. The molecule has 0 aliphatic heterocycles. The molecule has 1 rings (SSSR count). The summed E-state index contributed by atoms with van der Waals surface area (Å²) in [5.41, 5.74) is 0. The number of aliphatic hydroxyl groups excluding tert-OH is 1. The lowest BCUT2D eigenvalue weighted by Gasteiger charge is -1.95. The first-order chi connectivity index (χ1) is 7.81. The zero-order valence-corrected chi connectivity index (χ0v) is 10.9. The van der Waals surface area contributed by atoms with E-state index in [1.54, 1.807) is 0 Å². The van der Waals surface area contributed by atoms with Gasteiger partial charge in [-0.1, -0.05) is 68.8 Å². The van der Waals surface area contributed by atoms with E-state index >= 15 is 0 Å². The quantitative estimate of drug-likeness (QED) is 0.719. The number of halogens is 1. The number of unbranched alkanes of at least 4 members (excludes halogenated alkanes) is 5. The summed E-state index contributed by atoms with van der Waals surface area (Å²) in [6.07, 6.45) is 7.50. The minimum atomic E-state index is 0.367. The highest BCUT2D eigenvalue weighted by Gasteiger charge is 1.86. The molecule has 0 spiro atoms. The molecule has 0 amide bonds. The summed E-state index contributed by atoms with van der Waals surface area (Å²) in [5.74, 6) is 0. The molecular weight excluding hydrogens is 220 g/mol. The molecule has 1 nitrogen and oxygen atoms in total. The third-order valence-corrected chi connectivity index (χ3v) is 2.50. The third kappa shape index (κ3) is 11.5. The Labute approximate surface area is 104 Å². The minimum Gasteiger partial charge on any atom is -0.396 e. The lowest BCUT2D eigenvalue weighted by Crippen LogP contribution is -1.82. The van der Waals surface area contributed by atoms with Crippen LogP contribution in [0.15, 0.2) is 30.3 Å². The van der Waals surface area contributed by atoms with Crippen LogP contribution in [0.1, 0.15) is 45.4 Å². The van der Waals surface area contributed by atoms with Gasteiger partial charge >= 0.3 is 0 Å². The molecule has 92 valence electrons. The van der Waals surface area contributed by atoms with Gasteiger partial charge in [0, 0.05) is 11.6 Å². The molecular formula is C14H23ClO. The number of benzene rings is 1. The summed E-state index contributed by atoms with van der Waals surface area (Å²) in [5, 5.41) is 9.22. The van der Waals surface area contributed by atoms with Gasteiger partial charge in [0.2, 0.25) is 0 Å². The van der Waals surface area contributed by atoms with Crippen molar-refractivity contribution in [2.45, 2.75) is 45.4 Å². The minimum absolute atomic E-state index is 0.367. The van der Waals surface area contributed by atoms with E-state index in [2.05, 4.69) is 6.92 Å². The molecule has 0 aliphatic rings. The van der Waals surface area contributed by atoms with Crippen LogP contribution in [0.25, 0.3) is 0 Å². The molecule has 0 saturated carbocycles. The van der Waals surface area contributed by atoms with Crippen LogP contribution in [0.2, 0.25) is 5.02 Å². The zero-order chi connectivity index (χ0) is 12.1. The molecule has 16 heavy (non-hydrogen) atoms. The summed E-state index contributed by atoms with van der Waals surface area (Å²) < 4.78 is 0. The second-order valence-corrected chi connectivity index (χ2v) is 4.22. The predicted molar refractivity (Wildman–Crippen MR) is 71.9 cm³/mol.